The number of aliphatic hydroxyl groups excluding tert-OH is 1. The molecular formula is C12H14O3. The van der Waals surface area contributed by atoms with Gasteiger partial charge in [0.05, 0.1) is 0 Å². The van der Waals surface area contributed by atoms with Crippen molar-refractivity contribution in [3.63, 3.8) is 0 Å². The van der Waals surface area contributed by atoms with Crippen LogP contribution in [0.5, 0.6) is 5.75 Å². The normalized spacial score (nSPS) is 10.5. The molecule has 80 valence electrons. The van der Waals surface area contributed by atoms with Crippen LogP contribution < -0.4 is 4.74 Å². The minimum Gasteiger partial charge on any atom is -0.423 e. The molecule has 1 rings (SSSR count). The van der Waals surface area contributed by atoms with E-state index in [9.17, 15) is 4.79 Å². The molecule has 0 fully saturated rings. The largest absolute Gasteiger partial charge is 0.423 e. The highest BCUT2D eigenvalue weighted by Gasteiger charge is 1.99. The summed E-state index contributed by atoms with van der Waals surface area (Å²) in [5.74, 6) is 0.132. The van der Waals surface area contributed by atoms with Crippen LogP contribution in [0.3, 0.4) is 0 Å². The van der Waals surface area contributed by atoms with Gasteiger partial charge in [0.2, 0.25) is 0 Å². The summed E-state index contributed by atoms with van der Waals surface area (Å²) in [5.41, 5.74) is 1.02. The van der Waals surface area contributed by atoms with Crippen molar-refractivity contribution in [1.29, 1.82) is 0 Å². The smallest absolute Gasteiger partial charge is 0.335 e. The van der Waals surface area contributed by atoms with Crippen LogP contribution in [0.15, 0.2) is 36.4 Å². The number of hydrogen-bond acceptors (Lipinski definition) is 3. The molecule has 0 amide bonds. The van der Waals surface area contributed by atoms with Gasteiger partial charge in [-0.2, -0.15) is 0 Å². The summed E-state index contributed by atoms with van der Waals surface area (Å²) in [6.45, 7) is 1.88. The Morgan fingerprint density at radius 1 is 1.40 bits per heavy atom. The molecule has 1 aromatic rings. The fourth-order valence-corrected chi connectivity index (χ4v) is 1.14. The second kappa shape index (κ2) is 5.98. The zero-order chi connectivity index (χ0) is 11.1. The quantitative estimate of drug-likeness (QED) is 0.463. The molecule has 0 aromatic heterocycles. The summed E-state index contributed by atoms with van der Waals surface area (Å²) in [4.78, 5) is 11.1. The Kier molecular flexibility index (Phi) is 4.57. The standard InChI is InChI=1S/C12H14O3/c1-2-3-12(14)15-11-6-4-10(5-7-11)8-9-13/h2-7,13H,8-9H2,1H3/b3-2+. The van der Waals surface area contributed by atoms with Gasteiger partial charge in [0.15, 0.2) is 0 Å². The molecule has 1 aromatic carbocycles. The molecule has 0 bridgehead atoms. The summed E-state index contributed by atoms with van der Waals surface area (Å²) in [7, 11) is 0. The first kappa shape index (κ1) is 11.5. The number of rotatable bonds is 4. The van der Waals surface area contributed by atoms with Crippen LogP contribution >= 0.6 is 0 Å². The third-order valence-corrected chi connectivity index (χ3v) is 1.85. The maximum absolute atomic E-state index is 11.1. The number of hydrogen-bond donors (Lipinski definition) is 1. The Morgan fingerprint density at radius 3 is 2.60 bits per heavy atom. The van der Waals surface area contributed by atoms with E-state index in [-0.39, 0.29) is 12.6 Å². The van der Waals surface area contributed by atoms with Crippen molar-refractivity contribution < 1.29 is 14.6 Å². The molecular weight excluding hydrogens is 192 g/mol. The Labute approximate surface area is 89.0 Å². The van der Waals surface area contributed by atoms with Gasteiger partial charge < -0.3 is 9.84 Å². The summed E-state index contributed by atoms with van der Waals surface area (Å²) < 4.78 is 5.00. The predicted octanol–water partition coefficient (Wildman–Crippen LogP) is 1.70. The Bertz CT molecular complexity index is 338. The monoisotopic (exact) mass is 206 g/mol. The molecule has 0 radical (unpaired) electrons. The SMILES string of the molecule is C/C=C/C(=O)Oc1ccc(CCO)cc1. The third kappa shape index (κ3) is 3.95. The van der Waals surface area contributed by atoms with Gasteiger partial charge >= 0.3 is 5.97 Å². The number of carbonyl (C=O) groups is 1. The molecule has 0 saturated carbocycles. The Morgan fingerprint density at radius 2 is 2.07 bits per heavy atom. The van der Waals surface area contributed by atoms with Gasteiger partial charge in [-0.05, 0) is 31.0 Å². The lowest BCUT2D eigenvalue weighted by Gasteiger charge is -2.02. The van der Waals surface area contributed by atoms with Gasteiger partial charge in [-0.15, -0.1) is 0 Å². The van der Waals surface area contributed by atoms with Crippen LogP contribution in [0.2, 0.25) is 0 Å². The van der Waals surface area contributed by atoms with Crippen molar-refractivity contribution >= 4 is 5.97 Å². The van der Waals surface area contributed by atoms with Crippen molar-refractivity contribution in [2.24, 2.45) is 0 Å². The van der Waals surface area contributed by atoms with Crippen molar-refractivity contribution in [1.82, 2.24) is 0 Å². The Hall–Kier alpha value is -1.61. The fourth-order valence-electron chi connectivity index (χ4n) is 1.14. The average molecular weight is 206 g/mol. The van der Waals surface area contributed by atoms with E-state index in [0.717, 1.165) is 5.56 Å². The number of benzene rings is 1. The Balaban J connectivity index is 2.60. The molecule has 0 heterocycles. The molecule has 0 aliphatic rings. The lowest BCUT2D eigenvalue weighted by Crippen LogP contribution is -2.03. The van der Waals surface area contributed by atoms with E-state index in [1.807, 2.05) is 12.1 Å². The van der Waals surface area contributed by atoms with E-state index in [2.05, 4.69) is 0 Å². The maximum Gasteiger partial charge on any atom is 0.335 e. The lowest BCUT2D eigenvalue weighted by molar-refractivity contribution is -0.129. The molecule has 0 unspecified atom stereocenters. The summed E-state index contributed by atoms with van der Waals surface area (Å²) >= 11 is 0. The first-order valence-corrected chi connectivity index (χ1v) is 4.80. The van der Waals surface area contributed by atoms with Crippen LogP contribution in [0.25, 0.3) is 0 Å². The molecule has 0 atom stereocenters. The summed E-state index contributed by atoms with van der Waals surface area (Å²) in [6.07, 6.45) is 3.60. The number of allylic oxidation sites excluding steroid dienone is 1. The van der Waals surface area contributed by atoms with Crippen molar-refractivity contribution in [2.45, 2.75) is 13.3 Å². The topological polar surface area (TPSA) is 46.5 Å². The van der Waals surface area contributed by atoms with Crippen LogP contribution in [-0.4, -0.2) is 17.7 Å². The van der Waals surface area contributed by atoms with Gasteiger partial charge in [0, 0.05) is 12.7 Å². The first-order valence-electron chi connectivity index (χ1n) is 4.80. The van der Waals surface area contributed by atoms with Gasteiger partial charge in [-0.3, -0.25) is 0 Å². The summed E-state index contributed by atoms with van der Waals surface area (Å²) in [6, 6.07) is 7.09. The fraction of sp³-hybridized carbons (Fsp3) is 0.250. The third-order valence-electron chi connectivity index (χ3n) is 1.85. The molecule has 1 N–H and O–H groups in total. The molecule has 15 heavy (non-hydrogen) atoms. The molecule has 3 nitrogen and oxygen atoms in total. The lowest BCUT2D eigenvalue weighted by atomic mass is 10.1. The van der Waals surface area contributed by atoms with Crippen LogP contribution in [-0.2, 0) is 11.2 Å². The second-order valence-corrected chi connectivity index (χ2v) is 3.04. The molecule has 0 aliphatic carbocycles. The van der Waals surface area contributed by atoms with Crippen LogP contribution in [0.1, 0.15) is 12.5 Å². The minimum atomic E-state index is -0.382. The highest BCUT2D eigenvalue weighted by molar-refractivity contribution is 5.83. The van der Waals surface area contributed by atoms with Gasteiger partial charge in [-0.25, -0.2) is 4.79 Å². The molecule has 0 spiro atoms. The van der Waals surface area contributed by atoms with E-state index in [0.29, 0.717) is 12.2 Å². The molecule has 0 aliphatic heterocycles. The molecule has 0 saturated heterocycles. The number of aliphatic hydroxyl groups is 1. The van der Waals surface area contributed by atoms with Gasteiger partial charge in [-0.1, -0.05) is 18.2 Å². The van der Waals surface area contributed by atoms with Gasteiger partial charge in [0.1, 0.15) is 5.75 Å². The number of carbonyl (C=O) groups excluding carboxylic acids is 1. The van der Waals surface area contributed by atoms with Crippen molar-refractivity contribution in [3.05, 3.63) is 42.0 Å². The molecule has 3 heteroatoms. The number of ether oxygens (including phenoxy) is 1. The van der Waals surface area contributed by atoms with Crippen molar-refractivity contribution in [3.8, 4) is 5.75 Å². The minimum absolute atomic E-state index is 0.123. The van der Waals surface area contributed by atoms with E-state index in [1.165, 1.54) is 6.08 Å². The zero-order valence-electron chi connectivity index (χ0n) is 8.64. The van der Waals surface area contributed by atoms with E-state index in [4.69, 9.17) is 9.84 Å². The first-order chi connectivity index (χ1) is 7.26. The average Bonchev–Trinajstić information content (AvgIpc) is 2.22. The van der Waals surface area contributed by atoms with E-state index in [1.54, 1.807) is 25.1 Å². The highest BCUT2D eigenvalue weighted by Crippen LogP contribution is 2.12. The van der Waals surface area contributed by atoms with E-state index < -0.39 is 0 Å². The summed E-state index contributed by atoms with van der Waals surface area (Å²) in [5, 5.41) is 8.71. The predicted molar refractivity (Wildman–Crippen MR) is 57.7 cm³/mol. The second-order valence-electron chi connectivity index (χ2n) is 3.04. The van der Waals surface area contributed by atoms with E-state index >= 15 is 0 Å². The number of esters is 1. The highest BCUT2D eigenvalue weighted by atomic mass is 16.5. The maximum atomic E-state index is 11.1. The zero-order valence-corrected chi connectivity index (χ0v) is 8.64. The van der Waals surface area contributed by atoms with Gasteiger partial charge in [0.25, 0.3) is 0 Å². The van der Waals surface area contributed by atoms with Crippen molar-refractivity contribution in [2.75, 3.05) is 6.61 Å². The van der Waals surface area contributed by atoms with Crippen LogP contribution in [0.4, 0.5) is 0 Å². The van der Waals surface area contributed by atoms with Crippen LogP contribution in [0, 0.1) is 0 Å².